The van der Waals surface area contributed by atoms with Crippen molar-refractivity contribution in [1.29, 1.82) is 0 Å². The Balaban J connectivity index is 0.00000372. The van der Waals surface area contributed by atoms with Gasteiger partial charge in [-0.05, 0) is 74.2 Å². The SMILES string of the molecule is Cc1cc(C)c(C(C)(C)CC(=O)n2cc(CC(C)(NC(=O)OCc3cc4ccccc4o3)C(=O)NC(C)c3ccccc3)c3ccccc32)c(OP(=O)(O)O)c1.[NaH].[NaH]. The van der Waals surface area contributed by atoms with Crippen molar-refractivity contribution >= 4 is 107 Å². The van der Waals surface area contributed by atoms with Crippen LogP contribution in [0.25, 0.3) is 21.9 Å². The molecule has 4 aromatic carbocycles. The number of carbonyl (C=O) groups excluding carboxylic acids is 3. The van der Waals surface area contributed by atoms with Gasteiger partial charge in [0, 0.05) is 40.8 Å². The normalized spacial score (nSPS) is 13.1. The number of phosphoric ester groups is 1. The molecule has 0 radical (unpaired) electrons. The third-order valence-corrected chi connectivity index (χ3v) is 10.3. The first-order valence-corrected chi connectivity index (χ1v) is 19.7. The van der Waals surface area contributed by atoms with E-state index >= 15 is 0 Å². The number of rotatable bonds is 13. The molecule has 6 aromatic rings. The van der Waals surface area contributed by atoms with Gasteiger partial charge in [-0.15, -0.1) is 0 Å². The van der Waals surface area contributed by atoms with Crippen molar-refractivity contribution in [3.05, 3.63) is 137 Å². The van der Waals surface area contributed by atoms with Crippen molar-refractivity contribution in [3.8, 4) is 5.75 Å². The third kappa shape index (κ3) is 11.1. The van der Waals surface area contributed by atoms with E-state index in [1.807, 2.05) is 100 Å². The van der Waals surface area contributed by atoms with Crippen molar-refractivity contribution < 1.29 is 42.4 Å². The van der Waals surface area contributed by atoms with Crippen molar-refractivity contribution in [2.45, 2.75) is 78.0 Å². The predicted octanol–water partition coefficient (Wildman–Crippen LogP) is 7.29. The molecule has 0 saturated heterocycles. The number of phosphoric acid groups is 1. The molecular weight excluding hydrogens is 779 g/mol. The van der Waals surface area contributed by atoms with Crippen LogP contribution in [-0.4, -0.2) is 96.9 Å². The fourth-order valence-electron chi connectivity index (χ4n) is 7.39. The van der Waals surface area contributed by atoms with Crippen LogP contribution in [-0.2, 0) is 32.5 Å². The Morgan fingerprint density at radius 2 is 1.55 bits per heavy atom. The second kappa shape index (κ2) is 19.1. The zero-order valence-electron chi connectivity index (χ0n) is 32.2. The fourth-order valence-corrected chi connectivity index (χ4v) is 7.79. The molecule has 2 unspecified atom stereocenters. The molecule has 15 heteroatoms. The summed E-state index contributed by atoms with van der Waals surface area (Å²) < 4.78 is 29.9. The zero-order valence-corrected chi connectivity index (χ0v) is 33.1. The Labute approximate surface area is 381 Å². The summed E-state index contributed by atoms with van der Waals surface area (Å²) in [7, 11) is -4.90. The van der Waals surface area contributed by atoms with Crippen LogP contribution in [0, 0.1) is 13.8 Å². The second-order valence-electron chi connectivity index (χ2n) is 15.1. The molecule has 0 fully saturated rings. The molecule has 4 N–H and O–H groups in total. The number of para-hydroxylation sites is 2. The third-order valence-electron chi connectivity index (χ3n) is 9.89. The number of hydrogen-bond acceptors (Lipinski definition) is 7. The first-order chi connectivity index (χ1) is 26.4. The number of hydrogen-bond donors (Lipinski definition) is 4. The van der Waals surface area contributed by atoms with Gasteiger partial charge in [-0.1, -0.05) is 86.6 Å². The molecule has 296 valence electrons. The van der Waals surface area contributed by atoms with E-state index in [0.717, 1.165) is 16.5 Å². The van der Waals surface area contributed by atoms with Crippen LogP contribution in [0.3, 0.4) is 0 Å². The topological polar surface area (TPSA) is 169 Å². The van der Waals surface area contributed by atoms with Gasteiger partial charge in [0.2, 0.25) is 11.8 Å². The first kappa shape index (κ1) is 47.0. The quantitative estimate of drug-likeness (QED) is 0.0690. The Hall–Kier alpha value is -3.68. The molecule has 6 rings (SSSR count). The predicted molar refractivity (Wildman–Crippen MR) is 228 cm³/mol. The number of benzene rings is 4. The number of carbonyl (C=O) groups is 3. The maximum absolute atomic E-state index is 14.3. The van der Waals surface area contributed by atoms with Crippen LogP contribution in [0.5, 0.6) is 5.75 Å². The first-order valence-electron chi connectivity index (χ1n) is 18.2. The molecule has 0 saturated carbocycles. The van der Waals surface area contributed by atoms with Crippen molar-refractivity contribution in [2.75, 3.05) is 0 Å². The summed E-state index contributed by atoms with van der Waals surface area (Å²) in [6, 6.07) is 29.0. The number of nitrogens with zero attached hydrogens (tertiary/aromatic N) is 1. The molecule has 12 nitrogen and oxygen atoms in total. The second-order valence-corrected chi connectivity index (χ2v) is 16.3. The van der Waals surface area contributed by atoms with Gasteiger partial charge in [-0.3, -0.25) is 23.9 Å². The average Bonchev–Trinajstić information content (AvgIpc) is 3.71. The van der Waals surface area contributed by atoms with E-state index in [9.17, 15) is 28.7 Å². The molecule has 0 aliphatic carbocycles. The molecule has 0 spiro atoms. The number of aromatic nitrogens is 1. The summed E-state index contributed by atoms with van der Waals surface area (Å²) in [4.78, 5) is 61.3. The molecule has 2 atom stereocenters. The van der Waals surface area contributed by atoms with Gasteiger partial charge in [0.15, 0.2) is 6.61 Å². The molecule has 2 heterocycles. The van der Waals surface area contributed by atoms with Crippen LogP contribution in [0.1, 0.15) is 78.5 Å². The van der Waals surface area contributed by atoms with Crippen LogP contribution >= 0.6 is 7.82 Å². The van der Waals surface area contributed by atoms with Gasteiger partial charge in [-0.2, -0.15) is 0 Å². The van der Waals surface area contributed by atoms with E-state index in [1.165, 1.54) is 4.57 Å². The summed E-state index contributed by atoms with van der Waals surface area (Å²) >= 11 is 0. The van der Waals surface area contributed by atoms with Crippen molar-refractivity contribution in [2.24, 2.45) is 0 Å². The molecule has 2 amide bonds. The Kier molecular flexibility index (Phi) is 15.5. The summed E-state index contributed by atoms with van der Waals surface area (Å²) in [5.41, 5.74) is 2.21. The minimum atomic E-state index is -4.90. The summed E-state index contributed by atoms with van der Waals surface area (Å²) in [5.74, 6) is -0.319. The number of ether oxygens (including phenoxy) is 1. The summed E-state index contributed by atoms with van der Waals surface area (Å²) in [6.45, 7) is 10.5. The van der Waals surface area contributed by atoms with Gasteiger partial charge >= 0.3 is 73.0 Å². The fraction of sp³-hybridized carbons (Fsp3) is 0.279. The summed E-state index contributed by atoms with van der Waals surface area (Å²) in [5, 5.41) is 7.42. The van der Waals surface area contributed by atoms with Crippen LogP contribution in [0.4, 0.5) is 4.79 Å². The molecule has 0 aliphatic rings. The zero-order chi connectivity index (χ0) is 40.4. The van der Waals surface area contributed by atoms with Crippen LogP contribution in [0.15, 0.2) is 108 Å². The van der Waals surface area contributed by atoms with Gasteiger partial charge < -0.3 is 24.3 Å². The monoisotopic (exact) mass is 827 g/mol. The molecular formula is C43H48N3Na2O9P. The van der Waals surface area contributed by atoms with Crippen LogP contribution in [0.2, 0.25) is 0 Å². The van der Waals surface area contributed by atoms with E-state index < -0.39 is 36.8 Å². The maximum atomic E-state index is 14.3. The number of amides is 2. The van der Waals surface area contributed by atoms with E-state index in [-0.39, 0.29) is 90.2 Å². The number of alkyl carbamates (subject to hydrolysis) is 1. The standard InChI is InChI=1S/C43H46N3O9P.2Na.2H/c1-27-20-28(2)39(37(21-27)55-56(50,51)52)42(4,5)24-38(47)46-25-32(34-17-11-12-18-35(34)46)23-43(6,40(48)44-29(3)30-14-8-7-9-15-30)45-41(49)53-26-33-22-31-16-10-13-19-36(31)54-33;;;;/h7-22,25,29H,23-24,26H2,1-6H3,(H,44,48)(H,45,49)(H2,50,51,52);;;;. The average molecular weight is 828 g/mol. The van der Waals surface area contributed by atoms with Crippen molar-refractivity contribution in [3.63, 3.8) is 0 Å². The number of nitrogens with one attached hydrogen (secondary N) is 2. The minimum absolute atomic E-state index is 0. The van der Waals surface area contributed by atoms with E-state index in [4.69, 9.17) is 13.7 Å². The Morgan fingerprint density at radius 3 is 2.24 bits per heavy atom. The summed E-state index contributed by atoms with van der Waals surface area (Å²) in [6.07, 6.45) is 0.761. The molecule has 58 heavy (non-hydrogen) atoms. The van der Waals surface area contributed by atoms with Gasteiger partial charge in [0.1, 0.15) is 22.6 Å². The van der Waals surface area contributed by atoms with E-state index in [0.29, 0.717) is 38.9 Å². The molecule has 0 aliphatic heterocycles. The van der Waals surface area contributed by atoms with Crippen LogP contribution < -0.4 is 15.2 Å². The molecule has 0 bridgehead atoms. The van der Waals surface area contributed by atoms with E-state index in [1.54, 1.807) is 44.3 Å². The number of furan rings is 1. The van der Waals surface area contributed by atoms with Gasteiger partial charge in [-0.25, -0.2) is 9.36 Å². The Bertz CT molecular complexity index is 2440. The Morgan fingerprint density at radius 1 is 0.897 bits per heavy atom. The number of aryl methyl sites for hydroxylation is 2. The van der Waals surface area contributed by atoms with E-state index in [2.05, 4.69) is 10.6 Å². The molecule has 2 aromatic heterocycles. The van der Waals surface area contributed by atoms with Gasteiger partial charge in [0.25, 0.3) is 0 Å². The van der Waals surface area contributed by atoms with Gasteiger partial charge in [0.05, 0.1) is 11.6 Å². The number of fused-ring (bicyclic) bond motifs is 2. The van der Waals surface area contributed by atoms with Crippen molar-refractivity contribution in [1.82, 2.24) is 15.2 Å².